The summed E-state index contributed by atoms with van der Waals surface area (Å²) >= 11 is 0. The maximum Gasteiger partial charge on any atom is 0.408 e. The number of amides is 3. The number of alkyl carbamates (subject to hydrolysis) is 1. The van der Waals surface area contributed by atoms with Crippen LogP contribution in [0, 0.1) is 0 Å². The number of unbranched alkanes of at least 4 members (excludes halogenated alkanes) is 1. The van der Waals surface area contributed by atoms with Crippen molar-refractivity contribution in [2.75, 3.05) is 19.7 Å². The van der Waals surface area contributed by atoms with E-state index in [1.54, 1.807) is 45.9 Å². The summed E-state index contributed by atoms with van der Waals surface area (Å²) in [7, 11) is 0. The summed E-state index contributed by atoms with van der Waals surface area (Å²) < 4.78 is 10.5. The van der Waals surface area contributed by atoms with E-state index in [1.165, 1.54) is 4.90 Å². The molecule has 2 aromatic rings. The third-order valence-corrected chi connectivity index (χ3v) is 6.26. The van der Waals surface area contributed by atoms with Crippen molar-refractivity contribution < 1.29 is 28.7 Å². The molecular formula is C33H45N3O6. The van der Waals surface area contributed by atoms with E-state index in [0.717, 1.165) is 17.5 Å². The van der Waals surface area contributed by atoms with Gasteiger partial charge in [-0.25, -0.2) is 4.79 Å². The molecule has 0 heterocycles. The van der Waals surface area contributed by atoms with Gasteiger partial charge in [0.2, 0.25) is 11.8 Å². The summed E-state index contributed by atoms with van der Waals surface area (Å²) in [6.07, 6.45) is 2.54. The largest absolute Gasteiger partial charge is 0.466 e. The van der Waals surface area contributed by atoms with Gasteiger partial charge in [-0.1, -0.05) is 74.5 Å². The zero-order valence-corrected chi connectivity index (χ0v) is 25.5. The highest BCUT2D eigenvalue weighted by atomic mass is 16.6. The molecule has 2 atom stereocenters. The molecule has 9 nitrogen and oxygen atoms in total. The van der Waals surface area contributed by atoms with E-state index in [4.69, 9.17) is 9.47 Å². The van der Waals surface area contributed by atoms with Crippen molar-refractivity contribution >= 4 is 30.0 Å². The van der Waals surface area contributed by atoms with E-state index < -0.39 is 41.6 Å². The van der Waals surface area contributed by atoms with Gasteiger partial charge in [0, 0.05) is 19.5 Å². The maximum absolute atomic E-state index is 14.4. The smallest absolute Gasteiger partial charge is 0.408 e. The first-order chi connectivity index (χ1) is 20.0. The fourth-order valence-corrected chi connectivity index (χ4v) is 4.34. The standard InChI is InChI=1S/C33H45N3O6/c1-7-10-21-36(31(39)27(23-25-15-12-11-13-16-25)35-32(40)42-33(4,5)6)29(26-18-14-17-24(8-2)22-26)30(38)34-20-19-28(37)41-9-3/h8,11-18,22,27,29H,2,7,9-10,19-21,23H2,1,3-6H3,(H,34,38)(H,35,40). The summed E-state index contributed by atoms with van der Waals surface area (Å²) in [4.78, 5) is 54.4. The van der Waals surface area contributed by atoms with Gasteiger partial charge >= 0.3 is 12.1 Å². The minimum absolute atomic E-state index is 0.00125. The summed E-state index contributed by atoms with van der Waals surface area (Å²) in [6, 6.07) is 14.6. The molecule has 42 heavy (non-hydrogen) atoms. The second kappa shape index (κ2) is 17.0. The van der Waals surface area contributed by atoms with Gasteiger partial charge in [0.15, 0.2) is 0 Å². The van der Waals surface area contributed by atoms with Crippen molar-refractivity contribution in [3.05, 3.63) is 77.9 Å². The molecule has 0 aliphatic carbocycles. The first-order valence-electron chi connectivity index (χ1n) is 14.5. The molecule has 2 unspecified atom stereocenters. The predicted molar refractivity (Wildman–Crippen MR) is 163 cm³/mol. The number of rotatable bonds is 15. The topological polar surface area (TPSA) is 114 Å². The molecule has 3 amide bonds. The van der Waals surface area contributed by atoms with Crippen molar-refractivity contribution in [3.63, 3.8) is 0 Å². The average molecular weight is 580 g/mol. The van der Waals surface area contributed by atoms with Gasteiger partial charge in [-0.05, 0) is 56.9 Å². The lowest BCUT2D eigenvalue weighted by Gasteiger charge is -2.34. The molecule has 0 aliphatic rings. The van der Waals surface area contributed by atoms with E-state index in [9.17, 15) is 19.2 Å². The van der Waals surface area contributed by atoms with Crippen LogP contribution >= 0.6 is 0 Å². The van der Waals surface area contributed by atoms with Crippen LogP contribution < -0.4 is 10.6 Å². The second-order valence-electron chi connectivity index (χ2n) is 10.9. The van der Waals surface area contributed by atoms with Crippen LogP contribution in [0.1, 0.15) is 76.6 Å². The minimum Gasteiger partial charge on any atom is -0.466 e. The monoisotopic (exact) mass is 579 g/mol. The molecule has 9 heteroatoms. The zero-order valence-electron chi connectivity index (χ0n) is 25.5. The second-order valence-corrected chi connectivity index (χ2v) is 10.9. The molecule has 0 radical (unpaired) electrons. The number of esters is 1. The Balaban J connectivity index is 2.51. The van der Waals surface area contributed by atoms with Gasteiger partial charge < -0.3 is 25.0 Å². The Kier molecular flexibility index (Phi) is 13.8. The van der Waals surface area contributed by atoms with E-state index in [-0.39, 0.29) is 32.5 Å². The fourth-order valence-electron chi connectivity index (χ4n) is 4.34. The van der Waals surface area contributed by atoms with Crippen LogP contribution in [0.25, 0.3) is 6.08 Å². The van der Waals surface area contributed by atoms with E-state index >= 15 is 0 Å². The summed E-state index contributed by atoms with van der Waals surface area (Å²) in [5, 5.41) is 5.57. The molecule has 228 valence electrons. The molecule has 0 saturated heterocycles. The molecule has 2 aromatic carbocycles. The van der Waals surface area contributed by atoms with E-state index in [2.05, 4.69) is 17.2 Å². The molecule has 2 rings (SSSR count). The molecular weight excluding hydrogens is 534 g/mol. The number of nitrogens with zero attached hydrogens (tertiary/aromatic N) is 1. The zero-order chi connectivity index (χ0) is 31.1. The maximum atomic E-state index is 14.4. The Bertz CT molecular complexity index is 1190. The first kappa shape index (κ1) is 34.1. The summed E-state index contributed by atoms with van der Waals surface area (Å²) in [5.41, 5.74) is 1.44. The minimum atomic E-state index is -1.02. The molecule has 0 bridgehead atoms. The SMILES string of the molecule is C=Cc1cccc(C(C(=O)NCCC(=O)OCC)N(CCCC)C(=O)C(Cc2ccccc2)NC(=O)OC(C)(C)C)c1. The van der Waals surface area contributed by atoms with Crippen molar-refractivity contribution in [1.29, 1.82) is 0 Å². The van der Waals surface area contributed by atoms with Crippen molar-refractivity contribution in [3.8, 4) is 0 Å². The Hall–Kier alpha value is -4.14. The van der Waals surface area contributed by atoms with E-state index in [1.807, 2.05) is 49.4 Å². The number of hydrogen-bond acceptors (Lipinski definition) is 6. The number of benzene rings is 2. The first-order valence-corrected chi connectivity index (χ1v) is 14.5. The Morgan fingerprint density at radius 1 is 1.02 bits per heavy atom. The van der Waals surface area contributed by atoms with Crippen molar-refractivity contribution in [1.82, 2.24) is 15.5 Å². The lowest BCUT2D eigenvalue weighted by molar-refractivity contribution is -0.144. The number of hydrogen-bond donors (Lipinski definition) is 2. The molecule has 0 spiro atoms. The highest BCUT2D eigenvalue weighted by Gasteiger charge is 2.36. The Morgan fingerprint density at radius 3 is 2.36 bits per heavy atom. The summed E-state index contributed by atoms with van der Waals surface area (Å²) in [6.45, 7) is 13.4. The number of ether oxygens (including phenoxy) is 2. The van der Waals surface area contributed by atoms with Gasteiger partial charge in [-0.15, -0.1) is 0 Å². The normalized spacial score (nSPS) is 12.4. The lowest BCUT2D eigenvalue weighted by atomic mass is 9.98. The van der Waals surface area contributed by atoms with Crippen LogP contribution in [-0.2, 0) is 30.3 Å². The number of carbonyl (C=O) groups excluding carboxylic acids is 4. The van der Waals surface area contributed by atoms with Crippen LogP contribution in [0.3, 0.4) is 0 Å². The average Bonchev–Trinajstić information content (AvgIpc) is 2.94. The van der Waals surface area contributed by atoms with Crippen molar-refractivity contribution in [2.24, 2.45) is 0 Å². The van der Waals surface area contributed by atoms with Crippen LogP contribution in [0.2, 0.25) is 0 Å². The van der Waals surface area contributed by atoms with Crippen LogP contribution in [-0.4, -0.2) is 60.1 Å². The van der Waals surface area contributed by atoms with Crippen LogP contribution in [0.4, 0.5) is 4.79 Å². The fraction of sp³-hybridized carbons (Fsp3) is 0.455. The van der Waals surface area contributed by atoms with Crippen molar-refractivity contribution in [2.45, 2.75) is 78.0 Å². The Morgan fingerprint density at radius 2 is 1.74 bits per heavy atom. The van der Waals surface area contributed by atoms with Gasteiger partial charge in [-0.2, -0.15) is 0 Å². The predicted octanol–water partition coefficient (Wildman–Crippen LogP) is 5.20. The summed E-state index contributed by atoms with van der Waals surface area (Å²) in [5.74, 6) is -1.29. The Labute approximate surface area is 249 Å². The number of carbonyl (C=O) groups is 4. The molecule has 2 N–H and O–H groups in total. The molecule has 0 fully saturated rings. The van der Waals surface area contributed by atoms with Crippen LogP contribution in [0.15, 0.2) is 61.2 Å². The lowest BCUT2D eigenvalue weighted by Crippen LogP contribution is -2.54. The van der Waals surface area contributed by atoms with Gasteiger partial charge in [0.05, 0.1) is 13.0 Å². The molecule has 0 aliphatic heterocycles. The number of nitrogens with one attached hydrogen (secondary N) is 2. The highest BCUT2D eigenvalue weighted by Crippen LogP contribution is 2.25. The van der Waals surface area contributed by atoms with Gasteiger partial charge in [0.25, 0.3) is 0 Å². The third-order valence-electron chi connectivity index (χ3n) is 6.26. The van der Waals surface area contributed by atoms with E-state index in [0.29, 0.717) is 12.0 Å². The molecule has 0 saturated carbocycles. The third kappa shape index (κ3) is 11.4. The molecule has 0 aromatic heterocycles. The van der Waals surface area contributed by atoms with Gasteiger partial charge in [-0.3, -0.25) is 14.4 Å². The highest BCUT2D eigenvalue weighted by molar-refractivity contribution is 5.92. The van der Waals surface area contributed by atoms with Gasteiger partial charge in [0.1, 0.15) is 17.7 Å². The quantitative estimate of drug-likeness (QED) is 0.280. The van der Waals surface area contributed by atoms with Crippen LogP contribution in [0.5, 0.6) is 0 Å².